The quantitative estimate of drug-likeness (QED) is 0.571. The lowest BCUT2D eigenvalue weighted by Crippen LogP contribution is -2.33. The van der Waals surface area contributed by atoms with Gasteiger partial charge in [-0.3, -0.25) is 14.5 Å². The van der Waals surface area contributed by atoms with Crippen LogP contribution in [-0.2, 0) is 35.4 Å². The number of aromatic nitrogens is 1. The Balaban J connectivity index is 1.32. The molecule has 1 atom stereocenters. The van der Waals surface area contributed by atoms with E-state index in [0.29, 0.717) is 25.8 Å². The van der Waals surface area contributed by atoms with E-state index in [1.165, 1.54) is 17.7 Å². The Morgan fingerprint density at radius 2 is 1.84 bits per heavy atom. The third-order valence-electron chi connectivity index (χ3n) is 6.37. The van der Waals surface area contributed by atoms with Crippen LogP contribution in [0.15, 0.2) is 54.6 Å². The summed E-state index contributed by atoms with van der Waals surface area (Å²) in [6, 6.07) is 18.0. The molecule has 32 heavy (non-hydrogen) atoms. The second-order valence-electron chi connectivity index (χ2n) is 8.63. The van der Waals surface area contributed by atoms with E-state index in [1.54, 1.807) is 11.3 Å². The summed E-state index contributed by atoms with van der Waals surface area (Å²) in [5.41, 5.74) is 4.26. The predicted molar refractivity (Wildman–Crippen MR) is 128 cm³/mol. The third-order valence-corrected chi connectivity index (χ3v) is 7.55. The number of thiazole rings is 1. The van der Waals surface area contributed by atoms with Crippen molar-refractivity contribution in [2.75, 3.05) is 10.2 Å². The lowest BCUT2D eigenvalue weighted by molar-refractivity contribution is -0.121. The van der Waals surface area contributed by atoms with Gasteiger partial charge >= 0.3 is 0 Å². The minimum atomic E-state index is -0.183. The molecular weight excluding hydrogens is 418 g/mol. The van der Waals surface area contributed by atoms with Crippen molar-refractivity contribution in [1.82, 2.24) is 4.98 Å². The number of nitrogens with zero attached hydrogens (tertiary/aromatic N) is 2. The normalized spacial score (nSPS) is 17.2. The average Bonchev–Trinajstić information content (AvgIpc) is 3.25. The van der Waals surface area contributed by atoms with Crippen LogP contribution in [0.5, 0.6) is 0 Å². The summed E-state index contributed by atoms with van der Waals surface area (Å²) in [4.78, 5) is 34.0. The fraction of sp³-hybridized carbons (Fsp3) is 0.346. The average molecular weight is 446 g/mol. The largest absolute Gasteiger partial charge is 0.326 e. The summed E-state index contributed by atoms with van der Waals surface area (Å²) >= 11 is 1.66. The molecule has 2 amide bonds. The molecular formula is C26H27N3O2S. The van der Waals surface area contributed by atoms with Gasteiger partial charge < -0.3 is 5.32 Å². The van der Waals surface area contributed by atoms with Crippen molar-refractivity contribution in [1.29, 1.82) is 0 Å². The first-order valence-corrected chi connectivity index (χ1v) is 12.2. The molecule has 2 heterocycles. The van der Waals surface area contributed by atoms with Gasteiger partial charge in [0, 0.05) is 22.9 Å². The number of rotatable bonds is 6. The Labute approximate surface area is 192 Å². The Kier molecular flexibility index (Phi) is 6.04. The molecule has 0 bridgehead atoms. The van der Waals surface area contributed by atoms with Crippen LogP contribution in [-0.4, -0.2) is 16.8 Å². The van der Waals surface area contributed by atoms with Crippen LogP contribution in [0.2, 0.25) is 0 Å². The van der Waals surface area contributed by atoms with Crippen molar-refractivity contribution in [3.63, 3.8) is 0 Å². The number of anilines is 2. The van der Waals surface area contributed by atoms with Crippen LogP contribution in [0.1, 0.15) is 47.4 Å². The molecule has 1 aliphatic carbocycles. The first kappa shape index (κ1) is 20.9. The molecule has 164 valence electrons. The molecule has 0 saturated heterocycles. The number of para-hydroxylation sites is 1. The second-order valence-corrected chi connectivity index (χ2v) is 9.69. The monoisotopic (exact) mass is 445 g/mol. The Bertz CT molecular complexity index is 1100. The van der Waals surface area contributed by atoms with E-state index in [0.717, 1.165) is 40.5 Å². The highest BCUT2D eigenvalue weighted by Gasteiger charge is 2.28. The highest BCUT2D eigenvalue weighted by Crippen LogP contribution is 2.34. The second kappa shape index (κ2) is 9.25. The molecule has 5 rings (SSSR count). The third kappa shape index (κ3) is 4.46. The molecule has 0 spiro atoms. The Morgan fingerprint density at radius 3 is 2.69 bits per heavy atom. The van der Waals surface area contributed by atoms with E-state index in [2.05, 4.69) is 5.32 Å². The van der Waals surface area contributed by atoms with Crippen LogP contribution in [0.4, 0.5) is 10.8 Å². The fourth-order valence-electron chi connectivity index (χ4n) is 4.56. The molecule has 0 radical (unpaired) electrons. The summed E-state index contributed by atoms with van der Waals surface area (Å²) in [5, 5.41) is 3.79. The van der Waals surface area contributed by atoms with E-state index < -0.39 is 0 Å². The van der Waals surface area contributed by atoms with Crippen molar-refractivity contribution in [3.05, 3.63) is 76.3 Å². The molecule has 1 aliphatic heterocycles. The maximum atomic E-state index is 13.4. The first-order chi connectivity index (χ1) is 15.7. The van der Waals surface area contributed by atoms with Crippen LogP contribution in [0.3, 0.4) is 0 Å². The van der Waals surface area contributed by atoms with E-state index in [4.69, 9.17) is 4.98 Å². The van der Waals surface area contributed by atoms with Crippen molar-refractivity contribution >= 4 is 34.0 Å². The molecule has 1 aromatic heterocycles. The zero-order chi connectivity index (χ0) is 21.9. The lowest BCUT2D eigenvalue weighted by Gasteiger charge is -2.25. The van der Waals surface area contributed by atoms with Gasteiger partial charge in [-0.2, -0.15) is 0 Å². The number of fused-ring (bicyclic) bond motifs is 2. The van der Waals surface area contributed by atoms with Crippen LogP contribution in [0.25, 0.3) is 0 Å². The summed E-state index contributed by atoms with van der Waals surface area (Å²) < 4.78 is 0. The number of carbonyl (C=O) groups is 2. The van der Waals surface area contributed by atoms with Gasteiger partial charge in [0.2, 0.25) is 11.8 Å². The zero-order valence-electron chi connectivity index (χ0n) is 18.0. The zero-order valence-corrected chi connectivity index (χ0v) is 18.9. The van der Waals surface area contributed by atoms with Crippen molar-refractivity contribution < 1.29 is 9.59 Å². The Morgan fingerprint density at radius 1 is 1.06 bits per heavy atom. The smallest absolute Gasteiger partial charge is 0.229 e. The molecule has 0 unspecified atom stereocenters. The lowest BCUT2D eigenvalue weighted by atomic mass is 9.89. The first-order valence-electron chi connectivity index (χ1n) is 11.4. The predicted octanol–water partition coefficient (Wildman–Crippen LogP) is 5.15. The van der Waals surface area contributed by atoms with Gasteiger partial charge in [-0.1, -0.05) is 48.5 Å². The van der Waals surface area contributed by atoms with Crippen LogP contribution < -0.4 is 10.2 Å². The summed E-state index contributed by atoms with van der Waals surface area (Å²) in [5.74, 6) is -0.139. The van der Waals surface area contributed by atoms with Gasteiger partial charge in [0.05, 0.1) is 12.2 Å². The van der Waals surface area contributed by atoms with E-state index >= 15 is 0 Å². The number of nitrogens with one attached hydrogen (secondary N) is 1. The van der Waals surface area contributed by atoms with Crippen molar-refractivity contribution in [2.24, 2.45) is 5.92 Å². The molecule has 2 aliphatic rings. The molecule has 6 heteroatoms. The van der Waals surface area contributed by atoms with Gasteiger partial charge in [0.15, 0.2) is 5.13 Å². The maximum Gasteiger partial charge on any atom is 0.229 e. The van der Waals surface area contributed by atoms with E-state index in [1.807, 2.05) is 59.5 Å². The number of hydrogen-bond donors (Lipinski definition) is 1. The molecule has 0 fully saturated rings. The van der Waals surface area contributed by atoms with Gasteiger partial charge in [0.25, 0.3) is 0 Å². The minimum Gasteiger partial charge on any atom is -0.326 e. The Hall–Kier alpha value is -2.99. The standard InChI is InChI=1S/C26H27N3O2S/c30-24(15-14-20-16-19-10-4-5-11-21(19)27-25(20)31)29(17-18-8-2-1-3-9-18)26-28-22-12-6-7-13-23(22)32-26/h1-5,8-11,20H,6-7,12-17H2,(H,27,31)/t20-/m0/s1. The molecule has 1 N–H and O–H groups in total. The van der Waals surface area contributed by atoms with Crippen LogP contribution in [0, 0.1) is 5.92 Å². The number of carbonyl (C=O) groups excluding carboxylic acids is 2. The van der Waals surface area contributed by atoms with E-state index in [-0.39, 0.29) is 17.7 Å². The van der Waals surface area contributed by atoms with Crippen LogP contribution >= 0.6 is 11.3 Å². The molecule has 0 saturated carbocycles. The topological polar surface area (TPSA) is 62.3 Å². The number of aryl methyl sites for hydroxylation is 2. The van der Waals surface area contributed by atoms with Gasteiger partial charge in [-0.25, -0.2) is 4.98 Å². The summed E-state index contributed by atoms with van der Waals surface area (Å²) in [6.45, 7) is 0.506. The summed E-state index contributed by atoms with van der Waals surface area (Å²) in [7, 11) is 0. The van der Waals surface area contributed by atoms with Crippen molar-refractivity contribution in [3.8, 4) is 0 Å². The van der Waals surface area contributed by atoms with Gasteiger partial charge in [-0.15, -0.1) is 11.3 Å². The molecule has 5 nitrogen and oxygen atoms in total. The number of hydrogen-bond acceptors (Lipinski definition) is 4. The number of amides is 2. The highest BCUT2D eigenvalue weighted by molar-refractivity contribution is 7.15. The maximum absolute atomic E-state index is 13.4. The van der Waals surface area contributed by atoms with Crippen molar-refractivity contribution in [2.45, 2.75) is 51.5 Å². The fourth-order valence-corrected chi connectivity index (χ4v) is 5.73. The highest BCUT2D eigenvalue weighted by atomic mass is 32.1. The summed E-state index contributed by atoms with van der Waals surface area (Å²) in [6.07, 6.45) is 5.97. The van der Waals surface area contributed by atoms with E-state index in [9.17, 15) is 9.59 Å². The molecule has 3 aromatic rings. The SMILES string of the molecule is O=C1Nc2ccccc2C[C@@H]1CCC(=O)N(Cc1ccccc1)c1nc2c(s1)CCCC2. The minimum absolute atomic E-state index is 0.0100. The number of benzene rings is 2. The molecule has 2 aromatic carbocycles. The van der Waals surface area contributed by atoms with Gasteiger partial charge in [-0.05, 0) is 55.7 Å². The van der Waals surface area contributed by atoms with Gasteiger partial charge in [0.1, 0.15) is 0 Å².